The largest absolute Gasteiger partial charge is 0.466 e. The van der Waals surface area contributed by atoms with E-state index >= 15 is 0 Å². The molecule has 0 fully saturated rings. The summed E-state index contributed by atoms with van der Waals surface area (Å²) in [6.07, 6.45) is -9.21. The van der Waals surface area contributed by atoms with E-state index < -0.39 is 47.5 Å². The molecule has 0 aliphatic rings. The molecule has 114 valence electrons. The van der Waals surface area contributed by atoms with Gasteiger partial charge in [0.15, 0.2) is 0 Å². The van der Waals surface area contributed by atoms with Gasteiger partial charge in [-0.15, -0.1) is 0 Å². The zero-order chi connectivity index (χ0) is 16.2. The van der Waals surface area contributed by atoms with E-state index in [1.807, 2.05) is 0 Å². The smallest absolute Gasteiger partial charge is 0.433 e. The fraction of sp³-hybridized carbons (Fsp3) is 0.417. The highest BCUT2D eigenvalue weighted by Crippen LogP contribution is 2.34. The molecule has 0 saturated heterocycles. The number of pyridine rings is 1. The van der Waals surface area contributed by atoms with Gasteiger partial charge in [0, 0.05) is 5.56 Å². The number of hydrogen-bond acceptors (Lipinski definition) is 4. The van der Waals surface area contributed by atoms with Crippen molar-refractivity contribution in [2.45, 2.75) is 25.9 Å². The predicted octanol–water partition coefficient (Wildman–Crippen LogP) is 3.02. The van der Waals surface area contributed by atoms with Crippen molar-refractivity contribution in [2.24, 2.45) is 0 Å². The van der Waals surface area contributed by atoms with Crippen LogP contribution in [0.4, 0.5) is 22.0 Å². The highest BCUT2D eigenvalue weighted by atomic mass is 19.4. The van der Waals surface area contributed by atoms with Crippen LogP contribution in [0.3, 0.4) is 0 Å². The van der Waals surface area contributed by atoms with Crippen molar-refractivity contribution in [1.29, 1.82) is 5.26 Å². The van der Waals surface area contributed by atoms with E-state index in [0.717, 1.165) is 0 Å². The first-order valence-electron chi connectivity index (χ1n) is 5.65. The standard InChI is InChI=1S/C12H9F5N2O2/c1-2-21-9(20)4-7-6(5-18)3-8(11(13)14)19-10(7)12(15,16)17/h3,11H,2,4H2,1H3. The monoisotopic (exact) mass is 308 g/mol. The van der Waals surface area contributed by atoms with Gasteiger partial charge in [0.2, 0.25) is 0 Å². The van der Waals surface area contributed by atoms with E-state index in [2.05, 4.69) is 9.72 Å². The van der Waals surface area contributed by atoms with Gasteiger partial charge < -0.3 is 4.74 Å². The fourth-order valence-electron chi connectivity index (χ4n) is 1.57. The number of ether oxygens (including phenoxy) is 1. The maximum Gasteiger partial charge on any atom is 0.433 e. The third-order valence-corrected chi connectivity index (χ3v) is 2.38. The quantitative estimate of drug-likeness (QED) is 0.633. The van der Waals surface area contributed by atoms with Crippen LogP contribution in [0.1, 0.15) is 35.9 Å². The van der Waals surface area contributed by atoms with Crippen molar-refractivity contribution in [2.75, 3.05) is 6.61 Å². The van der Waals surface area contributed by atoms with Crippen molar-refractivity contribution < 1.29 is 31.5 Å². The van der Waals surface area contributed by atoms with Crippen LogP contribution >= 0.6 is 0 Å². The normalized spacial score (nSPS) is 11.3. The molecule has 1 heterocycles. The summed E-state index contributed by atoms with van der Waals surface area (Å²) < 4.78 is 68.2. The van der Waals surface area contributed by atoms with Gasteiger partial charge in [-0.2, -0.15) is 18.4 Å². The Morgan fingerprint density at radius 1 is 1.48 bits per heavy atom. The van der Waals surface area contributed by atoms with Gasteiger partial charge in [-0.3, -0.25) is 4.79 Å². The zero-order valence-corrected chi connectivity index (χ0v) is 10.7. The van der Waals surface area contributed by atoms with Crippen molar-refractivity contribution in [3.8, 4) is 6.07 Å². The van der Waals surface area contributed by atoms with Gasteiger partial charge in [-0.25, -0.2) is 13.8 Å². The minimum absolute atomic E-state index is 0.0649. The van der Waals surface area contributed by atoms with Crippen LogP contribution in [0.15, 0.2) is 6.07 Å². The van der Waals surface area contributed by atoms with Gasteiger partial charge in [-0.05, 0) is 13.0 Å². The van der Waals surface area contributed by atoms with Crippen LogP contribution < -0.4 is 0 Å². The molecule has 0 aliphatic heterocycles. The fourth-order valence-corrected chi connectivity index (χ4v) is 1.57. The average Bonchev–Trinajstić information content (AvgIpc) is 2.37. The number of esters is 1. The number of halogens is 5. The second-order valence-corrected chi connectivity index (χ2v) is 3.81. The van der Waals surface area contributed by atoms with E-state index in [1.165, 1.54) is 13.0 Å². The number of carbonyl (C=O) groups excluding carboxylic acids is 1. The van der Waals surface area contributed by atoms with Crippen LogP contribution in [-0.2, 0) is 22.1 Å². The molecule has 9 heteroatoms. The molecule has 0 aliphatic carbocycles. The van der Waals surface area contributed by atoms with Crippen LogP contribution in [0.5, 0.6) is 0 Å². The van der Waals surface area contributed by atoms with Gasteiger partial charge in [0.1, 0.15) is 11.4 Å². The van der Waals surface area contributed by atoms with Gasteiger partial charge in [0.25, 0.3) is 6.43 Å². The Balaban J connectivity index is 3.45. The van der Waals surface area contributed by atoms with E-state index in [1.54, 1.807) is 0 Å². The van der Waals surface area contributed by atoms with Gasteiger partial charge in [0.05, 0.1) is 24.7 Å². The molecule has 0 unspecified atom stereocenters. The summed E-state index contributed by atoms with van der Waals surface area (Å²) in [6, 6.07) is 1.91. The van der Waals surface area contributed by atoms with Crippen LogP contribution in [-0.4, -0.2) is 17.6 Å². The molecule has 0 atom stereocenters. The van der Waals surface area contributed by atoms with Crippen molar-refractivity contribution in [1.82, 2.24) is 4.98 Å². The third-order valence-electron chi connectivity index (χ3n) is 2.38. The van der Waals surface area contributed by atoms with E-state index in [4.69, 9.17) is 5.26 Å². The number of nitrogens with zero attached hydrogens (tertiary/aromatic N) is 2. The summed E-state index contributed by atoms with van der Waals surface area (Å²) in [6.45, 7) is 1.39. The van der Waals surface area contributed by atoms with Crippen molar-refractivity contribution in [3.05, 3.63) is 28.6 Å². The Bertz CT molecular complexity index is 578. The molecule has 4 nitrogen and oxygen atoms in total. The molecular formula is C12H9F5N2O2. The second-order valence-electron chi connectivity index (χ2n) is 3.81. The summed E-state index contributed by atoms with van der Waals surface area (Å²) >= 11 is 0. The van der Waals surface area contributed by atoms with Crippen LogP contribution in [0.2, 0.25) is 0 Å². The van der Waals surface area contributed by atoms with E-state index in [9.17, 15) is 26.7 Å². The number of aromatic nitrogens is 1. The molecule has 0 spiro atoms. The minimum atomic E-state index is -5.07. The third kappa shape index (κ3) is 4.11. The van der Waals surface area contributed by atoms with Crippen molar-refractivity contribution in [3.63, 3.8) is 0 Å². The highest BCUT2D eigenvalue weighted by Gasteiger charge is 2.38. The SMILES string of the molecule is CCOC(=O)Cc1c(C#N)cc(C(F)F)nc1C(F)(F)F. The van der Waals surface area contributed by atoms with Crippen LogP contribution in [0.25, 0.3) is 0 Å². The lowest BCUT2D eigenvalue weighted by molar-refractivity contribution is -0.144. The lowest BCUT2D eigenvalue weighted by Crippen LogP contribution is -2.19. The summed E-state index contributed by atoms with van der Waals surface area (Å²) in [4.78, 5) is 14.1. The molecule has 1 aromatic rings. The lowest BCUT2D eigenvalue weighted by atomic mass is 10.0. The number of hydrogen-bond donors (Lipinski definition) is 0. The molecular weight excluding hydrogens is 299 g/mol. The molecule has 0 amide bonds. The first-order valence-corrected chi connectivity index (χ1v) is 5.65. The number of nitriles is 1. The summed E-state index contributed by atoms with van der Waals surface area (Å²) in [5.74, 6) is -1.01. The summed E-state index contributed by atoms with van der Waals surface area (Å²) in [7, 11) is 0. The van der Waals surface area contributed by atoms with Crippen molar-refractivity contribution >= 4 is 5.97 Å². The number of alkyl halides is 5. The minimum Gasteiger partial charge on any atom is -0.466 e. The zero-order valence-electron chi connectivity index (χ0n) is 10.7. The topological polar surface area (TPSA) is 63.0 Å². The molecule has 0 N–H and O–H groups in total. The van der Waals surface area contributed by atoms with Gasteiger partial charge in [-0.1, -0.05) is 0 Å². The second kappa shape index (κ2) is 6.47. The predicted molar refractivity (Wildman–Crippen MR) is 59.2 cm³/mol. The summed E-state index contributed by atoms with van der Waals surface area (Å²) in [5, 5.41) is 8.82. The Morgan fingerprint density at radius 2 is 2.10 bits per heavy atom. The average molecular weight is 308 g/mol. The van der Waals surface area contributed by atoms with E-state index in [-0.39, 0.29) is 6.61 Å². The molecule has 0 radical (unpaired) electrons. The summed E-state index contributed by atoms with van der Waals surface area (Å²) in [5.41, 5.74) is -4.30. The Hall–Kier alpha value is -2.24. The number of rotatable bonds is 4. The maximum absolute atomic E-state index is 12.9. The molecule has 21 heavy (non-hydrogen) atoms. The molecule has 0 saturated carbocycles. The first-order chi connectivity index (χ1) is 9.70. The van der Waals surface area contributed by atoms with E-state index in [0.29, 0.717) is 6.07 Å². The Kier molecular flexibility index (Phi) is 5.18. The Labute approximate surface area is 116 Å². The van der Waals surface area contributed by atoms with Gasteiger partial charge >= 0.3 is 12.1 Å². The molecule has 1 rings (SSSR count). The lowest BCUT2D eigenvalue weighted by Gasteiger charge is -2.14. The highest BCUT2D eigenvalue weighted by molar-refractivity contribution is 5.74. The molecule has 1 aromatic heterocycles. The maximum atomic E-state index is 12.9. The van der Waals surface area contributed by atoms with Crippen LogP contribution in [0, 0.1) is 11.3 Å². The molecule has 0 bridgehead atoms. The number of carbonyl (C=O) groups is 1. The molecule has 0 aromatic carbocycles. The first kappa shape index (κ1) is 16.8. The Morgan fingerprint density at radius 3 is 2.52 bits per heavy atom.